The number of hydrogen-bond acceptors (Lipinski definition) is 5. The number of aliphatic hydroxyl groups excluding tert-OH is 1. The van der Waals surface area contributed by atoms with Crippen molar-refractivity contribution in [1.82, 2.24) is 0 Å². The molecule has 0 aliphatic heterocycles. The van der Waals surface area contributed by atoms with Gasteiger partial charge in [0, 0.05) is 25.0 Å². The minimum atomic E-state index is -2.40. The summed E-state index contributed by atoms with van der Waals surface area (Å²) < 4.78 is 11.6. The molecular formula is C21H34O5Si. The van der Waals surface area contributed by atoms with E-state index in [2.05, 4.69) is 39.1 Å². The predicted molar refractivity (Wildman–Crippen MR) is 110 cm³/mol. The lowest BCUT2D eigenvalue weighted by Gasteiger charge is -2.45. The van der Waals surface area contributed by atoms with Gasteiger partial charge in [0.15, 0.2) is 8.32 Å². The van der Waals surface area contributed by atoms with Crippen LogP contribution in [0.3, 0.4) is 0 Å². The molecular weight excluding hydrogens is 360 g/mol. The number of carbonyl (C=O) groups is 1. The second-order valence-electron chi connectivity index (χ2n) is 7.92. The number of benzene rings is 1. The van der Waals surface area contributed by atoms with Gasteiger partial charge < -0.3 is 19.4 Å². The van der Waals surface area contributed by atoms with Crippen LogP contribution in [0.1, 0.15) is 39.7 Å². The zero-order valence-electron chi connectivity index (χ0n) is 17.4. The molecule has 1 aromatic carbocycles. The molecule has 1 aromatic rings. The Hall–Kier alpha value is -1.47. The highest BCUT2D eigenvalue weighted by molar-refractivity contribution is 6.74. The Bertz CT molecular complexity index is 627. The average Bonchev–Trinajstić information content (AvgIpc) is 2.60. The molecule has 0 aromatic heterocycles. The van der Waals surface area contributed by atoms with Gasteiger partial charge in [-0.25, -0.2) is 0 Å². The van der Waals surface area contributed by atoms with Crippen LogP contribution in [0.25, 0.3) is 0 Å². The summed E-state index contributed by atoms with van der Waals surface area (Å²) in [5.41, 5.74) is -0.323. The second kappa shape index (κ2) is 9.64. The number of ether oxygens (including phenoxy) is 1. The third-order valence-electron chi connectivity index (χ3n) is 5.39. The maximum atomic E-state index is 11.3. The maximum absolute atomic E-state index is 11.3. The quantitative estimate of drug-likeness (QED) is 0.362. The Morgan fingerprint density at radius 2 is 1.85 bits per heavy atom. The molecule has 0 bridgehead atoms. The predicted octanol–water partition coefficient (Wildman–Crippen LogP) is 3.35. The summed E-state index contributed by atoms with van der Waals surface area (Å²) in [6.07, 6.45) is 2.93. The first-order chi connectivity index (χ1) is 12.5. The van der Waals surface area contributed by atoms with Crippen LogP contribution in [0.15, 0.2) is 42.5 Å². The van der Waals surface area contributed by atoms with Crippen molar-refractivity contribution in [2.24, 2.45) is 0 Å². The fraction of sp³-hybridized carbons (Fsp3) is 0.571. The highest BCUT2D eigenvalue weighted by atomic mass is 28.4. The van der Waals surface area contributed by atoms with Gasteiger partial charge in [0.25, 0.3) is 0 Å². The molecule has 0 saturated carbocycles. The summed E-state index contributed by atoms with van der Waals surface area (Å²) in [5, 5.41) is 20.4. The molecule has 0 unspecified atom stereocenters. The first-order valence-corrected chi connectivity index (χ1v) is 12.2. The second-order valence-corrected chi connectivity index (χ2v) is 12.4. The van der Waals surface area contributed by atoms with E-state index in [1.165, 1.54) is 12.5 Å². The van der Waals surface area contributed by atoms with Crippen LogP contribution in [-0.4, -0.2) is 49.4 Å². The number of aliphatic hydroxyl groups is 2. The number of esters is 1. The van der Waals surface area contributed by atoms with E-state index in [0.29, 0.717) is 0 Å². The highest BCUT2D eigenvalue weighted by Gasteiger charge is 2.47. The van der Waals surface area contributed by atoms with Crippen molar-refractivity contribution in [3.8, 4) is 0 Å². The van der Waals surface area contributed by atoms with Gasteiger partial charge in [-0.3, -0.25) is 4.79 Å². The Morgan fingerprint density at radius 1 is 1.26 bits per heavy atom. The van der Waals surface area contributed by atoms with Crippen molar-refractivity contribution in [2.75, 3.05) is 13.2 Å². The van der Waals surface area contributed by atoms with E-state index < -0.39 is 26.0 Å². The van der Waals surface area contributed by atoms with E-state index in [4.69, 9.17) is 9.16 Å². The van der Waals surface area contributed by atoms with E-state index >= 15 is 0 Å². The maximum Gasteiger partial charge on any atom is 0.302 e. The lowest BCUT2D eigenvalue weighted by atomic mass is 9.93. The zero-order chi connectivity index (χ0) is 20.7. The summed E-state index contributed by atoms with van der Waals surface area (Å²) in [6, 6.07) is 10.2. The molecule has 0 saturated heterocycles. The number of hydrogen-bond donors (Lipinski definition) is 2. The molecule has 0 amide bonds. The Morgan fingerprint density at radius 3 is 2.33 bits per heavy atom. The van der Waals surface area contributed by atoms with Crippen molar-refractivity contribution in [3.63, 3.8) is 0 Å². The van der Waals surface area contributed by atoms with Gasteiger partial charge in [-0.1, -0.05) is 56.3 Å². The van der Waals surface area contributed by atoms with E-state index in [9.17, 15) is 15.0 Å². The third kappa shape index (κ3) is 6.00. The van der Waals surface area contributed by atoms with Gasteiger partial charge in [0.05, 0.1) is 6.10 Å². The lowest BCUT2D eigenvalue weighted by Crippen LogP contribution is -2.58. The minimum Gasteiger partial charge on any atom is -0.463 e. The Labute approximate surface area is 164 Å². The van der Waals surface area contributed by atoms with E-state index in [1.807, 2.05) is 25.1 Å². The van der Waals surface area contributed by atoms with Crippen LogP contribution in [0.4, 0.5) is 0 Å². The van der Waals surface area contributed by atoms with Crippen LogP contribution in [0, 0.1) is 0 Å². The van der Waals surface area contributed by atoms with Crippen molar-refractivity contribution in [3.05, 3.63) is 48.0 Å². The monoisotopic (exact) mass is 394 g/mol. The Balaban J connectivity index is 3.19. The summed E-state index contributed by atoms with van der Waals surface area (Å²) in [6.45, 7) is 11.2. The number of allylic oxidation sites excluding steroid dienone is 1. The molecule has 0 fully saturated rings. The molecule has 5 nitrogen and oxygen atoms in total. The SMILES string of the molecule is C/C=C/[C@@H](O[Si](C)(C)C(C)(C)c1ccccc1)[C@@](O)(CCO)COC(C)=O. The van der Waals surface area contributed by atoms with Crippen molar-refractivity contribution >= 4 is 14.3 Å². The van der Waals surface area contributed by atoms with E-state index in [1.54, 1.807) is 12.2 Å². The fourth-order valence-corrected chi connectivity index (χ4v) is 4.98. The van der Waals surface area contributed by atoms with Crippen LogP contribution in [0.2, 0.25) is 13.1 Å². The van der Waals surface area contributed by atoms with Crippen LogP contribution in [0.5, 0.6) is 0 Å². The lowest BCUT2D eigenvalue weighted by molar-refractivity contribution is -0.156. The molecule has 0 heterocycles. The van der Waals surface area contributed by atoms with Gasteiger partial charge >= 0.3 is 5.97 Å². The molecule has 0 radical (unpaired) electrons. The molecule has 0 aliphatic rings. The average molecular weight is 395 g/mol. The summed E-state index contributed by atoms with van der Waals surface area (Å²) in [4.78, 5) is 11.3. The van der Waals surface area contributed by atoms with Crippen LogP contribution in [-0.2, 0) is 19.0 Å². The van der Waals surface area contributed by atoms with Crippen LogP contribution < -0.4 is 0 Å². The molecule has 0 aliphatic carbocycles. The van der Waals surface area contributed by atoms with Crippen molar-refractivity contribution in [1.29, 1.82) is 0 Å². The standard InChI is InChI=1S/C21H34O5Si/c1-7-11-19(21(24,14-15-22)16-25-17(2)23)26-27(5,6)20(3,4)18-12-9-8-10-13-18/h7-13,19,22,24H,14-16H2,1-6H3/b11-7+/t19-,21-/m1/s1. The first kappa shape index (κ1) is 23.6. The Kier molecular flexibility index (Phi) is 8.41. The van der Waals surface area contributed by atoms with Gasteiger partial charge in [-0.15, -0.1) is 0 Å². The van der Waals surface area contributed by atoms with Crippen molar-refractivity contribution in [2.45, 2.75) is 64.0 Å². The van der Waals surface area contributed by atoms with E-state index in [0.717, 1.165) is 0 Å². The molecule has 6 heteroatoms. The van der Waals surface area contributed by atoms with Crippen molar-refractivity contribution < 1.29 is 24.2 Å². The normalized spacial score (nSPS) is 16.1. The third-order valence-corrected chi connectivity index (χ3v) is 9.53. The number of rotatable bonds is 10. The summed E-state index contributed by atoms with van der Waals surface area (Å²) >= 11 is 0. The highest BCUT2D eigenvalue weighted by Crippen LogP contribution is 2.37. The van der Waals surface area contributed by atoms with Gasteiger partial charge in [-0.2, -0.15) is 0 Å². The first-order valence-electron chi connectivity index (χ1n) is 9.33. The topological polar surface area (TPSA) is 76.0 Å². The zero-order valence-corrected chi connectivity index (χ0v) is 18.4. The fourth-order valence-electron chi connectivity index (χ4n) is 2.89. The summed E-state index contributed by atoms with van der Waals surface area (Å²) in [5.74, 6) is -0.480. The minimum absolute atomic E-state index is 0.0472. The molecule has 1 rings (SSSR count). The van der Waals surface area contributed by atoms with E-state index in [-0.39, 0.29) is 24.7 Å². The molecule has 2 atom stereocenters. The molecule has 27 heavy (non-hydrogen) atoms. The smallest absolute Gasteiger partial charge is 0.302 e. The largest absolute Gasteiger partial charge is 0.463 e. The van der Waals surface area contributed by atoms with Gasteiger partial charge in [-0.05, 0) is 25.6 Å². The van der Waals surface area contributed by atoms with Gasteiger partial charge in [0.1, 0.15) is 12.2 Å². The van der Waals surface area contributed by atoms with Gasteiger partial charge in [0.2, 0.25) is 0 Å². The number of carbonyl (C=O) groups excluding carboxylic acids is 1. The van der Waals surface area contributed by atoms with Crippen LogP contribution >= 0.6 is 0 Å². The molecule has 152 valence electrons. The molecule has 0 spiro atoms. The summed E-state index contributed by atoms with van der Waals surface area (Å²) in [7, 11) is -2.40. The molecule has 2 N–H and O–H groups in total.